The van der Waals surface area contributed by atoms with E-state index in [-0.39, 0.29) is 113 Å². The predicted octanol–water partition coefficient (Wildman–Crippen LogP) is 3.55. The summed E-state index contributed by atoms with van der Waals surface area (Å²) in [6.45, 7) is 10.0. The molecule has 2 heterocycles. The second-order valence-electron chi connectivity index (χ2n) is 24.8. The topological polar surface area (TPSA) is 442 Å². The van der Waals surface area contributed by atoms with Gasteiger partial charge >= 0.3 is 5.97 Å². The maximum absolute atomic E-state index is 15.0. The molecule has 4 rings (SSSR count). The van der Waals surface area contributed by atoms with E-state index in [2.05, 4.69) is 53.4 Å². The van der Waals surface area contributed by atoms with E-state index in [1.807, 2.05) is 38.1 Å². The van der Waals surface area contributed by atoms with Crippen LogP contribution in [0.4, 0.5) is 0 Å². The van der Waals surface area contributed by atoms with Crippen molar-refractivity contribution in [3.05, 3.63) is 83.7 Å². The molecule has 0 aliphatic carbocycles. The van der Waals surface area contributed by atoms with Crippen LogP contribution in [-0.2, 0) is 70.3 Å². The van der Waals surface area contributed by atoms with Gasteiger partial charge in [-0.15, -0.1) is 24.7 Å². The highest BCUT2D eigenvalue weighted by Gasteiger charge is 2.36. The number of nitrogens with two attached hydrogens (primary N) is 4. The number of allylic oxidation sites excluding steroid dienone is 1. The second-order valence-corrected chi connectivity index (χ2v) is 24.8. The number of aliphatic imine (C=N–C) groups is 2. The molecular formula is C72H104N12O14. The molecule has 26 heteroatoms. The normalized spacial score (nSPS) is 14.1. The largest absolute Gasteiger partial charge is 0.464 e. The highest BCUT2D eigenvalue weighted by molar-refractivity contribution is 5.98. The van der Waals surface area contributed by atoms with Crippen LogP contribution in [0.3, 0.4) is 0 Å². The molecule has 3 aromatic rings. The van der Waals surface area contributed by atoms with Gasteiger partial charge in [0.05, 0.1) is 25.2 Å². The van der Waals surface area contributed by atoms with Crippen LogP contribution in [0.15, 0.2) is 82.6 Å². The van der Waals surface area contributed by atoms with Gasteiger partial charge in [-0.05, 0) is 101 Å². The van der Waals surface area contributed by atoms with Crippen molar-refractivity contribution in [3.8, 4) is 24.7 Å². The first kappa shape index (κ1) is 84.7. The monoisotopic (exact) mass is 1360 g/mol. The van der Waals surface area contributed by atoms with Crippen molar-refractivity contribution in [1.82, 2.24) is 31.6 Å². The number of aliphatic hydroxyl groups excluding tert-OH is 2. The number of H-pyrrole nitrogens is 1. The zero-order valence-electron chi connectivity index (χ0n) is 57.6. The van der Waals surface area contributed by atoms with Gasteiger partial charge in [-0.2, -0.15) is 0 Å². The third-order valence-corrected chi connectivity index (χ3v) is 15.8. The number of aliphatic hydroxyl groups is 2. The van der Waals surface area contributed by atoms with E-state index in [1.54, 1.807) is 62.7 Å². The number of hydrogen-bond donors (Lipinski definition) is 12. The molecule has 0 radical (unpaired) electrons. The molecule has 1 aliphatic rings. The van der Waals surface area contributed by atoms with Crippen molar-refractivity contribution >= 4 is 87.6 Å². The zero-order valence-corrected chi connectivity index (χ0v) is 57.6. The Morgan fingerprint density at radius 1 is 0.643 bits per heavy atom. The minimum absolute atomic E-state index is 0.000494. The van der Waals surface area contributed by atoms with E-state index in [9.17, 15) is 57.8 Å². The van der Waals surface area contributed by atoms with Gasteiger partial charge in [0.25, 0.3) is 0 Å². The quantitative estimate of drug-likeness (QED) is 0.0127. The van der Waals surface area contributed by atoms with Crippen LogP contribution in [0.5, 0.6) is 0 Å². The Morgan fingerprint density at radius 3 is 1.81 bits per heavy atom. The summed E-state index contributed by atoms with van der Waals surface area (Å²) in [5.41, 5.74) is 25.3. The molecule has 1 aromatic heterocycles. The molecule has 536 valence electrons. The first-order chi connectivity index (χ1) is 46.7. The fraction of sp³-hybridized carbons (Fsp3) is 0.542. The average molecular weight is 1360 g/mol. The number of rotatable bonds is 44. The van der Waals surface area contributed by atoms with Crippen LogP contribution in [-0.4, -0.2) is 155 Å². The summed E-state index contributed by atoms with van der Waals surface area (Å²) in [6, 6.07) is 10.3. The molecule has 0 bridgehead atoms. The van der Waals surface area contributed by atoms with Gasteiger partial charge in [0.1, 0.15) is 42.3 Å². The maximum atomic E-state index is 15.0. The Morgan fingerprint density at radius 2 is 1.22 bits per heavy atom. The first-order valence-electron chi connectivity index (χ1n) is 33.3. The number of nitrogens with zero attached hydrogens (tertiary/aromatic N) is 2. The fourth-order valence-corrected chi connectivity index (χ4v) is 10.2. The fourth-order valence-electron chi connectivity index (χ4n) is 10.2. The smallest absolute Gasteiger partial charge is 0.308 e. The van der Waals surface area contributed by atoms with Gasteiger partial charge < -0.3 is 79.0 Å². The van der Waals surface area contributed by atoms with Crippen LogP contribution >= 0.6 is 0 Å². The van der Waals surface area contributed by atoms with Gasteiger partial charge in [-0.1, -0.05) is 82.3 Å². The molecule has 0 fully saturated rings. The highest BCUT2D eigenvalue weighted by atomic mass is 16.5. The van der Waals surface area contributed by atoms with Gasteiger partial charge in [-0.3, -0.25) is 53.1 Å². The Hall–Kier alpha value is -9.37. The summed E-state index contributed by atoms with van der Waals surface area (Å²) in [5, 5.41) is 32.8. The predicted molar refractivity (Wildman–Crippen MR) is 375 cm³/mol. The summed E-state index contributed by atoms with van der Waals surface area (Å²) in [6.07, 6.45) is 18.2. The number of amides is 6. The molecule has 16 N–H and O–H groups in total. The number of esters is 1. The number of unbranched alkanes of at least 4 members (excludes halogenated alkanes) is 1. The second kappa shape index (κ2) is 47.5. The van der Waals surface area contributed by atoms with E-state index in [0.29, 0.717) is 68.3 Å². The maximum Gasteiger partial charge on any atom is 0.308 e. The van der Waals surface area contributed by atoms with Crippen molar-refractivity contribution in [1.29, 1.82) is 0 Å². The number of Topliss-reactive ketones (excluding diaryl/α,β-unsaturated/α-hetero) is 4. The number of aromatic amines is 1. The molecule has 2 aromatic carbocycles. The molecule has 0 saturated heterocycles. The van der Waals surface area contributed by atoms with E-state index in [1.165, 1.54) is 13.8 Å². The van der Waals surface area contributed by atoms with Crippen molar-refractivity contribution in [3.63, 3.8) is 0 Å². The number of carbonyl (C=O) groups is 11. The molecule has 7 unspecified atom stereocenters. The number of aromatic nitrogens is 1. The molecule has 26 nitrogen and oxygen atoms in total. The van der Waals surface area contributed by atoms with E-state index in [4.69, 9.17) is 45.6 Å². The Bertz CT molecular complexity index is 3250. The standard InChI is InChI=1S/C57H82N12O10.C11H16O3.C4H6O/c1-34(2)26-46(51(59)74)67-56(79)47(27-37-14-6-5-7-15-37)68-55(78)44(20-10-11-23-58)65-54(77)39(28-40-32-64-43-19-9-8-18-42(40)43)30-49(72)45(31-41-17-13-24-62-41)66-53(76)38(16-12-25-63-57(60)61)29-50(73)48(33-70)69-52(75)35(3)21-22-36(4)71;1-4-5-8-14-11(13)9(2)6-7-10(3)12;1-2-3-4-5/h5-9,14-15,17-19,24,32,34-35,38-39,44-48,64,70H,10-13,16,20-23,25-31,33,58H2,1-4H3,(H2,59,74)(H,65,77)(H,66,76)(H,67,79)(H,68,78)(H,69,75)(H4,60,61,63);1,9H,5-8H2,2-3H3;1,5H,3-4H2/t35?,38?,39?,44-,45?,46-,47?,48?;;/m0../s1. The number of fused-ring (bicyclic) bond motifs is 1. The van der Waals surface area contributed by atoms with Crippen LogP contribution in [0.25, 0.3) is 10.9 Å². The summed E-state index contributed by atoms with van der Waals surface area (Å²) >= 11 is 0. The van der Waals surface area contributed by atoms with E-state index < -0.39 is 114 Å². The Kier molecular flexibility index (Phi) is 41.1. The first-order valence-corrected chi connectivity index (χ1v) is 33.3. The SMILES string of the molecule is C#CCCO.C#CCCOC(=O)C(C)CCC(C)=O.CC(=O)CCC(C)C(=O)NC(CO)C(=O)CC(CCCN=C(N)N)C(=O)NC(CC1=CCC=N1)C(=O)CC(Cc1c[nH]c2ccccc12)C(=O)N[C@@H](CCCCN)C(=O)NC(Cc1ccccc1)C(=O)N[C@@H](CC(C)C)C(N)=O. The Balaban J connectivity index is 0.00000149. The molecule has 9 atom stereocenters. The lowest BCUT2D eigenvalue weighted by Crippen LogP contribution is -2.57. The average Bonchev–Trinajstić information content (AvgIpc) is 1.63. The lowest BCUT2D eigenvalue weighted by Gasteiger charge is -2.27. The number of ketones is 4. The summed E-state index contributed by atoms with van der Waals surface area (Å²) in [5.74, 6) is -4.19. The lowest BCUT2D eigenvalue weighted by molar-refractivity contribution is -0.148. The molecular weight excluding hydrogens is 1260 g/mol. The third kappa shape index (κ3) is 34.0. The number of nitrogens with one attached hydrogen (secondary N) is 6. The highest BCUT2D eigenvalue weighted by Crippen LogP contribution is 2.26. The summed E-state index contributed by atoms with van der Waals surface area (Å²) in [4.78, 5) is 157. The number of hydrogen-bond acceptors (Lipinski definition) is 17. The van der Waals surface area contributed by atoms with E-state index in [0.717, 1.165) is 10.9 Å². The van der Waals surface area contributed by atoms with Crippen molar-refractivity contribution in [2.45, 2.75) is 187 Å². The number of benzene rings is 2. The zero-order chi connectivity index (χ0) is 73.1. The number of terminal acetylenes is 2. The lowest BCUT2D eigenvalue weighted by atomic mass is 9.88. The summed E-state index contributed by atoms with van der Waals surface area (Å²) in [7, 11) is 0. The van der Waals surface area contributed by atoms with Gasteiger partial charge in [-0.25, -0.2) is 0 Å². The molecule has 0 saturated carbocycles. The van der Waals surface area contributed by atoms with Crippen molar-refractivity contribution < 1.29 is 67.7 Å². The van der Waals surface area contributed by atoms with Crippen LogP contribution < -0.4 is 49.5 Å². The number of guanidine groups is 1. The molecule has 1 aliphatic heterocycles. The number of carbonyl (C=O) groups excluding carboxylic acids is 11. The minimum atomic E-state index is -1.38. The minimum Gasteiger partial charge on any atom is -0.464 e. The van der Waals surface area contributed by atoms with Crippen molar-refractivity contribution in [2.24, 2.45) is 62.5 Å². The molecule has 98 heavy (non-hydrogen) atoms. The van der Waals surface area contributed by atoms with Gasteiger partial charge in [0.15, 0.2) is 17.5 Å². The van der Waals surface area contributed by atoms with Gasteiger partial charge in [0.2, 0.25) is 35.4 Å². The number of primary amides is 1. The number of para-hydroxylation sites is 1. The van der Waals surface area contributed by atoms with Crippen molar-refractivity contribution in [2.75, 3.05) is 32.9 Å². The summed E-state index contributed by atoms with van der Waals surface area (Å²) < 4.78 is 4.88. The van der Waals surface area contributed by atoms with E-state index >= 15 is 0 Å². The van der Waals surface area contributed by atoms with Crippen LogP contribution in [0.2, 0.25) is 0 Å². The van der Waals surface area contributed by atoms with Crippen LogP contribution in [0.1, 0.15) is 155 Å². The van der Waals surface area contributed by atoms with Crippen LogP contribution in [0, 0.1) is 54.3 Å². The third-order valence-electron chi connectivity index (χ3n) is 15.8. The molecule has 0 spiro atoms. The Labute approximate surface area is 575 Å². The number of ether oxygens (including phenoxy) is 1. The molecule has 6 amide bonds. The van der Waals surface area contributed by atoms with Gasteiger partial charge in [0, 0.05) is 111 Å².